The molecule has 0 saturated heterocycles. The number of nitrogens with one attached hydrogen (secondary N) is 2. The summed E-state index contributed by atoms with van der Waals surface area (Å²) in [6.07, 6.45) is 5.34. The lowest BCUT2D eigenvalue weighted by Gasteiger charge is -2.42. The molecule has 32 heavy (non-hydrogen) atoms. The summed E-state index contributed by atoms with van der Waals surface area (Å²) in [5, 5.41) is 7.24. The minimum Gasteiger partial charge on any atom is -0.349 e. The molecule has 1 saturated carbocycles. The predicted molar refractivity (Wildman–Crippen MR) is 129 cm³/mol. The molecule has 1 aliphatic carbocycles. The maximum Gasteiger partial charge on any atom is 0.270 e. The number of pyridine rings is 1. The zero-order valence-corrected chi connectivity index (χ0v) is 18.9. The summed E-state index contributed by atoms with van der Waals surface area (Å²) in [7, 11) is 0. The van der Waals surface area contributed by atoms with Crippen molar-refractivity contribution in [2.24, 2.45) is 5.11 Å². The first-order valence-electron chi connectivity index (χ1n) is 10.9. The SMILES string of the molecule is CCN(C(=O)c1cc2ncccc2[nH]1)[C@H]1CCCC(S)(NCc2cccc(N=[N+]=[N-])c2)C1. The topological polar surface area (TPSA) is 110 Å². The van der Waals surface area contributed by atoms with Gasteiger partial charge in [-0.25, -0.2) is 0 Å². The standard InChI is InChI=1S/C23H27N7OS/c1-2-30(22(31)21-13-20-19(27-21)9-5-11-25-20)18-8-4-10-23(32,14-18)26-15-16-6-3-7-17(12-16)28-29-24/h3,5-7,9,11-13,18,26-27,32H,2,4,8,10,14-15H2,1H3/t18-,23?/m0/s1. The van der Waals surface area contributed by atoms with E-state index >= 15 is 0 Å². The molecule has 2 N–H and O–H groups in total. The second-order valence-corrected chi connectivity index (χ2v) is 9.06. The number of carbonyl (C=O) groups excluding carboxylic acids is 1. The Morgan fingerprint density at radius 3 is 3.06 bits per heavy atom. The van der Waals surface area contributed by atoms with E-state index in [9.17, 15) is 4.79 Å². The molecule has 0 radical (unpaired) electrons. The molecule has 9 heteroatoms. The molecule has 0 bridgehead atoms. The Kier molecular flexibility index (Phi) is 6.69. The van der Waals surface area contributed by atoms with Crippen LogP contribution in [0, 0.1) is 0 Å². The molecule has 1 fully saturated rings. The number of fused-ring (bicyclic) bond motifs is 1. The van der Waals surface area contributed by atoms with Gasteiger partial charge in [0.05, 0.1) is 15.9 Å². The number of aromatic amines is 1. The van der Waals surface area contributed by atoms with Crippen molar-refractivity contribution >= 4 is 35.3 Å². The zero-order chi connectivity index (χ0) is 22.6. The van der Waals surface area contributed by atoms with Gasteiger partial charge in [0.1, 0.15) is 5.69 Å². The van der Waals surface area contributed by atoms with E-state index in [1.165, 1.54) is 0 Å². The third kappa shape index (κ3) is 4.91. The molecule has 166 valence electrons. The summed E-state index contributed by atoms with van der Waals surface area (Å²) in [5.74, 6) is -0.00449. The van der Waals surface area contributed by atoms with Crippen LogP contribution in [-0.2, 0) is 6.54 Å². The van der Waals surface area contributed by atoms with Crippen molar-refractivity contribution in [3.8, 4) is 0 Å². The average molecular weight is 450 g/mol. The molecular formula is C23H27N7OS. The van der Waals surface area contributed by atoms with E-state index in [4.69, 9.17) is 18.2 Å². The molecule has 2 atom stereocenters. The molecule has 1 aromatic carbocycles. The molecule has 8 nitrogen and oxygen atoms in total. The molecule has 1 amide bonds. The van der Waals surface area contributed by atoms with Gasteiger partial charge in [-0.1, -0.05) is 23.3 Å². The molecule has 1 unspecified atom stereocenters. The molecule has 2 aromatic heterocycles. The van der Waals surface area contributed by atoms with E-state index in [0.29, 0.717) is 24.5 Å². The second kappa shape index (κ2) is 9.65. The Bertz CT molecular complexity index is 1120. The fraction of sp³-hybridized carbons (Fsp3) is 0.391. The minimum absolute atomic E-state index is 0.00449. The number of thiol groups is 1. The van der Waals surface area contributed by atoms with E-state index in [1.807, 2.05) is 48.2 Å². The fourth-order valence-corrected chi connectivity index (χ4v) is 4.94. The molecule has 0 aliphatic heterocycles. The van der Waals surface area contributed by atoms with Gasteiger partial charge in [-0.15, -0.1) is 0 Å². The summed E-state index contributed by atoms with van der Waals surface area (Å²) in [5.41, 5.74) is 12.5. The Hall–Kier alpha value is -3.00. The summed E-state index contributed by atoms with van der Waals surface area (Å²) in [6.45, 7) is 3.26. The van der Waals surface area contributed by atoms with Gasteiger partial charge in [0.25, 0.3) is 5.91 Å². The lowest BCUT2D eigenvalue weighted by atomic mass is 9.88. The minimum atomic E-state index is -0.382. The Labute approximate surface area is 192 Å². The number of nitrogens with zero attached hydrogens (tertiary/aromatic N) is 5. The number of aromatic nitrogens is 2. The highest BCUT2D eigenvalue weighted by molar-refractivity contribution is 7.81. The van der Waals surface area contributed by atoms with Gasteiger partial charge >= 0.3 is 0 Å². The van der Waals surface area contributed by atoms with Gasteiger partial charge in [0.15, 0.2) is 0 Å². The van der Waals surface area contributed by atoms with Crippen molar-refractivity contribution in [2.45, 2.75) is 50.1 Å². The number of hydrogen-bond donors (Lipinski definition) is 3. The smallest absolute Gasteiger partial charge is 0.270 e. The molecule has 0 spiro atoms. The summed E-state index contributed by atoms with van der Waals surface area (Å²) >= 11 is 4.99. The summed E-state index contributed by atoms with van der Waals surface area (Å²) < 4.78 is 0. The molecule has 2 heterocycles. The monoisotopic (exact) mass is 449 g/mol. The third-order valence-corrected chi connectivity index (χ3v) is 6.62. The van der Waals surface area contributed by atoms with Crippen LogP contribution in [0.4, 0.5) is 5.69 Å². The first-order chi connectivity index (χ1) is 15.5. The fourth-order valence-electron chi connectivity index (χ4n) is 4.49. The number of amides is 1. The highest BCUT2D eigenvalue weighted by Gasteiger charge is 2.37. The van der Waals surface area contributed by atoms with E-state index < -0.39 is 0 Å². The van der Waals surface area contributed by atoms with Gasteiger partial charge in [-0.2, -0.15) is 12.6 Å². The van der Waals surface area contributed by atoms with Gasteiger partial charge in [0.2, 0.25) is 0 Å². The molecule has 3 aromatic rings. The van der Waals surface area contributed by atoms with Crippen molar-refractivity contribution in [3.05, 3.63) is 70.4 Å². The zero-order valence-electron chi connectivity index (χ0n) is 18.0. The lowest BCUT2D eigenvalue weighted by molar-refractivity contribution is 0.0612. The quantitative estimate of drug-likeness (QED) is 0.149. The van der Waals surface area contributed by atoms with Crippen molar-refractivity contribution in [2.75, 3.05) is 6.54 Å². The first kappa shape index (κ1) is 22.2. The van der Waals surface area contributed by atoms with E-state index in [-0.39, 0.29) is 16.8 Å². The van der Waals surface area contributed by atoms with Crippen molar-refractivity contribution in [3.63, 3.8) is 0 Å². The highest BCUT2D eigenvalue weighted by Crippen LogP contribution is 2.35. The van der Waals surface area contributed by atoms with Crippen LogP contribution in [0.1, 0.15) is 48.7 Å². The molecule has 4 rings (SSSR count). The Morgan fingerprint density at radius 2 is 2.28 bits per heavy atom. The largest absolute Gasteiger partial charge is 0.349 e. The number of H-pyrrole nitrogens is 1. The van der Waals surface area contributed by atoms with E-state index in [1.54, 1.807) is 12.3 Å². The van der Waals surface area contributed by atoms with Crippen LogP contribution < -0.4 is 5.32 Å². The van der Waals surface area contributed by atoms with Crippen LogP contribution in [0.15, 0.2) is 53.8 Å². The van der Waals surface area contributed by atoms with Crippen LogP contribution in [0.3, 0.4) is 0 Å². The van der Waals surface area contributed by atoms with Crippen molar-refractivity contribution < 1.29 is 4.79 Å². The number of azide groups is 1. The highest BCUT2D eigenvalue weighted by atomic mass is 32.1. The Balaban J connectivity index is 1.45. The van der Waals surface area contributed by atoms with Crippen LogP contribution >= 0.6 is 12.6 Å². The third-order valence-electron chi connectivity index (χ3n) is 6.05. The van der Waals surface area contributed by atoms with Crippen molar-refractivity contribution in [1.82, 2.24) is 20.2 Å². The van der Waals surface area contributed by atoms with E-state index in [0.717, 1.165) is 42.3 Å². The normalized spacial score (nSPS) is 20.6. The number of carbonyl (C=O) groups is 1. The Morgan fingerprint density at radius 1 is 1.41 bits per heavy atom. The van der Waals surface area contributed by atoms with Crippen LogP contribution in [0.2, 0.25) is 0 Å². The number of hydrogen-bond acceptors (Lipinski definition) is 5. The van der Waals surface area contributed by atoms with Gasteiger partial charge < -0.3 is 9.88 Å². The summed E-state index contributed by atoms with van der Waals surface area (Å²) in [6, 6.07) is 13.2. The maximum absolute atomic E-state index is 13.3. The van der Waals surface area contributed by atoms with Crippen LogP contribution in [0.5, 0.6) is 0 Å². The first-order valence-corrected chi connectivity index (χ1v) is 11.3. The van der Waals surface area contributed by atoms with Gasteiger partial charge in [-0.3, -0.25) is 15.1 Å². The molecular weight excluding hydrogens is 422 g/mol. The van der Waals surface area contributed by atoms with Gasteiger partial charge in [0, 0.05) is 35.9 Å². The summed E-state index contributed by atoms with van der Waals surface area (Å²) in [4.78, 5) is 25.3. The van der Waals surface area contributed by atoms with Crippen LogP contribution in [-0.4, -0.2) is 38.2 Å². The maximum atomic E-state index is 13.3. The predicted octanol–water partition coefficient (Wildman–Crippen LogP) is 5.33. The van der Waals surface area contributed by atoms with Crippen LogP contribution in [0.25, 0.3) is 21.5 Å². The number of rotatable bonds is 7. The average Bonchev–Trinajstić information content (AvgIpc) is 3.23. The van der Waals surface area contributed by atoms with Crippen molar-refractivity contribution in [1.29, 1.82) is 0 Å². The lowest BCUT2D eigenvalue weighted by Crippen LogP contribution is -2.51. The molecule has 1 aliphatic rings. The van der Waals surface area contributed by atoms with E-state index in [2.05, 4.69) is 25.3 Å². The second-order valence-electron chi connectivity index (χ2n) is 8.21. The number of benzene rings is 1. The van der Waals surface area contributed by atoms with Gasteiger partial charge in [-0.05, 0) is 68.0 Å².